The van der Waals surface area contributed by atoms with E-state index in [1.807, 2.05) is 48.5 Å². The molecule has 154 valence electrons. The number of rotatable bonds is 6. The van der Waals surface area contributed by atoms with E-state index >= 15 is 0 Å². The van der Waals surface area contributed by atoms with Gasteiger partial charge in [0.25, 0.3) is 5.91 Å². The summed E-state index contributed by atoms with van der Waals surface area (Å²) in [5.74, 6) is -0.493. The molecule has 2 amide bonds. The maximum atomic E-state index is 12.7. The molecule has 1 saturated carbocycles. The Morgan fingerprint density at radius 3 is 2.10 bits per heavy atom. The SMILES string of the molecule is NC(=O)CN(Cc1cccc(C2CC2)c1)C(=O)c1ccccc1O.c1ccccc1. The molecule has 0 atom stereocenters. The normalized spacial score (nSPS) is 12.4. The van der Waals surface area contributed by atoms with Crippen molar-refractivity contribution in [1.29, 1.82) is 0 Å². The Morgan fingerprint density at radius 1 is 0.900 bits per heavy atom. The van der Waals surface area contributed by atoms with Gasteiger partial charge in [-0.25, -0.2) is 0 Å². The van der Waals surface area contributed by atoms with Gasteiger partial charge in [-0.2, -0.15) is 0 Å². The molecular weight excluding hydrogens is 376 g/mol. The second kappa shape index (κ2) is 10.3. The molecule has 0 unspecified atom stereocenters. The average Bonchev–Trinajstić information content (AvgIpc) is 3.60. The number of amides is 2. The lowest BCUT2D eigenvalue weighted by Crippen LogP contribution is -2.38. The molecule has 0 saturated heterocycles. The number of nitrogens with two attached hydrogens (primary N) is 1. The monoisotopic (exact) mass is 402 g/mol. The van der Waals surface area contributed by atoms with Crippen LogP contribution in [0.3, 0.4) is 0 Å². The second-order valence-electron chi connectivity index (χ2n) is 7.32. The van der Waals surface area contributed by atoms with E-state index in [4.69, 9.17) is 5.73 Å². The number of hydrogen-bond acceptors (Lipinski definition) is 3. The third-order valence-electron chi connectivity index (χ3n) is 4.81. The number of hydrogen-bond donors (Lipinski definition) is 2. The Balaban J connectivity index is 0.000000367. The van der Waals surface area contributed by atoms with Crippen LogP contribution >= 0.6 is 0 Å². The molecule has 1 aliphatic carbocycles. The molecule has 4 rings (SSSR count). The van der Waals surface area contributed by atoms with E-state index in [2.05, 4.69) is 12.1 Å². The number of phenols is 1. The predicted molar refractivity (Wildman–Crippen MR) is 117 cm³/mol. The lowest BCUT2D eigenvalue weighted by molar-refractivity contribution is -0.118. The first-order chi connectivity index (χ1) is 14.5. The number of aromatic hydroxyl groups is 1. The van der Waals surface area contributed by atoms with Crippen molar-refractivity contribution < 1.29 is 14.7 Å². The number of para-hydroxylation sites is 1. The van der Waals surface area contributed by atoms with Crippen LogP contribution in [0.2, 0.25) is 0 Å². The third-order valence-corrected chi connectivity index (χ3v) is 4.81. The number of primary amides is 1. The standard InChI is InChI=1S/C19H20N2O3.C6H6/c20-18(23)12-21(19(24)16-6-1-2-7-17(16)22)11-13-4-3-5-15(10-13)14-8-9-14;1-2-4-6-5-3-1/h1-7,10,14,22H,8-9,11-12H2,(H2,20,23);1-6H. The molecule has 3 N–H and O–H groups in total. The maximum Gasteiger partial charge on any atom is 0.258 e. The third kappa shape index (κ3) is 6.21. The van der Waals surface area contributed by atoms with Gasteiger partial charge >= 0.3 is 0 Å². The van der Waals surface area contributed by atoms with Crippen LogP contribution in [0.1, 0.15) is 40.2 Å². The fourth-order valence-corrected chi connectivity index (χ4v) is 3.18. The average molecular weight is 402 g/mol. The highest BCUT2D eigenvalue weighted by molar-refractivity contribution is 5.98. The van der Waals surface area contributed by atoms with Crippen molar-refractivity contribution in [3.8, 4) is 5.75 Å². The summed E-state index contributed by atoms with van der Waals surface area (Å²) < 4.78 is 0. The summed E-state index contributed by atoms with van der Waals surface area (Å²) in [5.41, 5.74) is 7.67. The molecule has 1 fully saturated rings. The molecule has 3 aromatic rings. The van der Waals surface area contributed by atoms with Crippen LogP contribution in [0.4, 0.5) is 0 Å². The molecule has 3 aromatic carbocycles. The maximum absolute atomic E-state index is 12.7. The first-order valence-electron chi connectivity index (χ1n) is 9.99. The quantitative estimate of drug-likeness (QED) is 0.651. The zero-order valence-electron chi connectivity index (χ0n) is 16.8. The topological polar surface area (TPSA) is 83.6 Å². The van der Waals surface area contributed by atoms with Gasteiger partial charge in [-0.05, 0) is 42.0 Å². The largest absolute Gasteiger partial charge is 0.507 e. The minimum Gasteiger partial charge on any atom is -0.507 e. The summed E-state index contributed by atoms with van der Waals surface area (Å²) in [6, 6.07) is 26.4. The van der Waals surface area contributed by atoms with Crippen molar-refractivity contribution in [2.45, 2.75) is 25.3 Å². The van der Waals surface area contributed by atoms with E-state index in [0.29, 0.717) is 5.92 Å². The Labute approximate surface area is 176 Å². The lowest BCUT2D eigenvalue weighted by Gasteiger charge is -2.22. The molecule has 1 aliphatic rings. The molecule has 0 heterocycles. The number of benzene rings is 3. The highest BCUT2D eigenvalue weighted by Gasteiger charge is 2.24. The zero-order chi connectivity index (χ0) is 21.3. The molecule has 5 nitrogen and oxygen atoms in total. The van der Waals surface area contributed by atoms with E-state index in [0.717, 1.165) is 5.56 Å². The molecule has 30 heavy (non-hydrogen) atoms. The highest BCUT2D eigenvalue weighted by Crippen LogP contribution is 2.40. The van der Waals surface area contributed by atoms with Crippen LogP contribution in [-0.2, 0) is 11.3 Å². The molecule has 5 heteroatoms. The summed E-state index contributed by atoms with van der Waals surface area (Å²) in [6.45, 7) is 0.0808. The van der Waals surface area contributed by atoms with Gasteiger partial charge in [0.2, 0.25) is 5.91 Å². The van der Waals surface area contributed by atoms with E-state index in [1.54, 1.807) is 12.1 Å². The van der Waals surface area contributed by atoms with Gasteiger partial charge in [-0.1, -0.05) is 72.8 Å². The van der Waals surface area contributed by atoms with E-state index in [9.17, 15) is 14.7 Å². The first kappa shape index (κ1) is 21.1. The molecule has 0 spiro atoms. The van der Waals surface area contributed by atoms with Crippen LogP contribution in [0.5, 0.6) is 5.75 Å². The minimum atomic E-state index is -0.586. The van der Waals surface area contributed by atoms with Gasteiger partial charge in [-0.15, -0.1) is 0 Å². The molecule has 0 bridgehead atoms. The molecule has 0 aromatic heterocycles. The lowest BCUT2D eigenvalue weighted by atomic mass is 10.1. The van der Waals surface area contributed by atoms with Crippen LogP contribution < -0.4 is 5.73 Å². The number of carbonyl (C=O) groups excluding carboxylic acids is 2. The highest BCUT2D eigenvalue weighted by atomic mass is 16.3. The van der Waals surface area contributed by atoms with Gasteiger partial charge in [0.15, 0.2) is 0 Å². The fraction of sp³-hybridized carbons (Fsp3) is 0.200. The van der Waals surface area contributed by atoms with Gasteiger partial charge in [0.05, 0.1) is 12.1 Å². The molecular formula is C25H26N2O3. The van der Waals surface area contributed by atoms with Gasteiger partial charge in [0.1, 0.15) is 5.75 Å². The van der Waals surface area contributed by atoms with E-state index in [-0.39, 0.29) is 24.4 Å². The number of carbonyl (C=O) groups is 2. The Kier molecular flexibility index (Phi) is 7.22. The van der Waals surface area contributed by atoms with Gasteiger partial charge in [0, 0.05) is 6.54 Å². The van der Waals surface area contributed by atoms with Crippen molar-refractivity contribution >= 4 is 11.8 Å². The van der Waals surface area contributed by atoms with Crippen LogP contribution in [0.25, 0.3) is 0 Å². The summed E-state index contributed by atoms with van der Waals surface area (Å²) in [6.07, 6.45) is 2.40. The van der Waals surface area contributed by atoms with Crippen molar-refractivity contribution in [3.63, 3.8) is 0 Å². The van der Waals surface area contributed by atoms with E-state index in [1.165, 1.54) is 35.4 Å². The number of phenolic OH excluding ortho intramolecular Hbond substituents is 1. The Bertz CT molecular complexity index is 958. The van der Waals surface area contributed by atoms with Gasteiger partial charge < -0.3 is 15.7 Å². The zero-order valence-corrected chi connectivity index (χ0v) is 16.8. The van der Waals surface area contributed by atoms with E-state index < -0.39 is 11.8 Å². The Morgan fingerprint density at radius 2 is 1.53 bits per heavy atom. The van der Waals surface area contributed by atoms with Crippen molar-refractivity contribution in [2.75, 3.05) is 6.54 Å². The summed E-state index contributed by atoms with van der Waals surface area (Å²) in [4.78, 5) is 25.4. The smallest absolute Gasteiger partial charge is 0.258 e. The van der Waals surface area contributed by atoms with Gasteiger partial charge in [-0.3, -0.25) is 9.59 Å². The van der Waals surface area contributed by atoms with Crippen LogP contribution in [-0.4, -0.2) is 28.4 Å². The Hall–Kier alpha value is -3.60. The first-order valence-corrected chi connectivity index (χ1v) is 9.99. The summed E-state index contributed by atoms with van der Waals surface area (Å²) in [7, 11) is 0. The molecule has 0 radical (unpaired) electrons. The van der Waals surface area contributed by atoms with Crippen molar-refractivity contribution in [3.05, 3.63) is 102 Å². The van der Waals surface area contributed by atoms with Crippen molar-refractivity contribution in [1.82, 2.24) is 4.90 Å². The molecule has 0 aliphatic heterocycles. The van der Waals surface area contributed by atoms with Crippen LogP contribution in [0.15, 0.2) is 84.9 Å². The number of nitrogens with zero attached hydrogens (tertiary/aromatic N) is 1. The van der Waals surface area contributed by atoms with Crippen LogP contribution in [0, 0.1) is 0 Å². The minimum absolute atomic E-state index is 0.108. The predicted octanol–water partition coefficient (Wildman–Crippen LogP) is 4.08. The fourth-order valence-electron chi connectivity index (χ4n) is 3.18. The summed E-state index contributed by atoms with van der Waals surface area (Å²) >= 11 is 0. The second-order valence-corrected chi connectivity index (χ2v) is 7.32. The summed E-state index contributed by atoms with van der Waals surface area (Å²) in [5, 5.41) is 9.89. The van der Waals surface area contributed by atoms with Crippen molar-refractivity contribution in [2.24, 2.45) is 5.73 Å².